The molecule has 0 saturated carbocycles. The van der Waals surface area contributed by atoms with Crippen LogP contribution in [0.1, 0.15) is 43.0 Å². The SMILES string of the molecule is C[C@H](NC(=O)Nc1ccc(C(N)=O)c(Cl)c1)C1=CCCCC1. The molecule has 3 amide bonds. The molecule has 0 aromatic heterocycles. The standard InChI is InChI=1S/C16H20ClN3O2/c1-10(11-5-3-2-4-6-11)19-16(22)20-12-7-8-13(15(18)21)14(17)9-12/h5,7-10H,2-4,6H2,1H3,(H2,18,21)(H2,19,20,22)/t10-/m0/s1. The van der Waals surface area contributed by atoms with Gasteiger partial charge in [-0.15, -0.1) is 0 Å². The van der Waals surface area contributed by atoms with Crippen molar-refractivity contribution in [3.8, 4) is 0 Å². The first-order chi connectivity index (χ1) is 10.5. The molecule has 0 unspecified atom stereocenters. The van der Waals surface area contributed by atoms with Crippen LogP contribution in [0.4, 0.5) is 10.5 Å². The number of carbonyl (C=O) groups is 2. The van der Waals surface area contributed by atoms with Crippen molar-refractivity contribution in [3.63, 3.8) is 0 Å². The number of allylic oxidation sites excluding steroid dienone is 1. The van der Waals surface area contributed by atoms with Crippen molar-refractivity contribution in [1.29, 1.82) is 0 Å². The van der Waals surface area contributed by atoms with E-state index in [4.69, 9.17) is 17.3 Å². The van der Waals surface area contributed by atoms with Crippen LogP contribution in [0.5, 0.6) is 0 Å². The minimum atomic E-state index is -0.598. The molecule has 1 atom stereocenters. The lowest BCUT2D eigenvalue weighted by atomic mass is 9.95. The fourth-order valence-corrected chi connectivity index (χ4v) is 2.78. The summed E-state index contributed by atoms with van der Waals surface area (Å²) in [7, 11) is 0. The third-order valence-electron chi connectivity index (χ3n) is 3.72. The van der Waals surface area contributed by atoms with Gasteiger partial charge in [0.05, 0.1) is 10.6 Å². The van der Waals surface area contributed by atoms with Crippen molar-refractivity contribution in [1.82, 2.24) is 5.32 Å². The average molecular weight is 322 g/mol. The lowest BCUT2D eigenvalue weighted by Crippen LogP contribution is -2.37. The molecule has 1 aromatic rings. The second kappa shape index (κ2) is 7.31. The number of anilines is 1. The molecule has 1 aromatic carbocycles. The molecule has 0 radical (unpaired) electrons. The Morgan fingerprint density at radius 3 is 2.68 bits per heavy atom. The molecular formula is C16H20ClN3O2. The summed E-state index contributed by atoms with van der Waals surface area (Å²) in [6.07, 6.45) is 6.69. The molecule has 2 rings (SSSR count). The highest BCUT2D eigenvalue weighted by Crippen LogP contribution is 2.22. The fraction of sp³-hybridized carbons (Fsp3) is 0.375. The maximum Gasteiger partial charge on any atom is 0.319 e. The van der Waals surface area contributed by atoms with Crippen LogP contribution in [-0.4, -0.2) is 18.0 Å². The minimum Gasteiger partial charge on any atom is -0.366 e. The molecule has 0 saturated heterocycles. The monoisotopic (exact) mass is 321 g/mol. The van der Waals surface area contributed by atoms with Gasteiger partial charge in [0.25, 0.3) is 0 Å². The number of amides is 3. The highest BCUT2D eigenvalue weighted by Gasteiger charge is 2.14. The summed E-state index contributed by atoms with van der Waals surface area (Å²) in [4.78, 5) is 23.1. The van der Waals surface area contributed by atoms with Crippen LogP contribution in [0.25, 0.3) is 0 Å². The van der Waals surface area contributed by atoms with E-state index in [1.807, 2.05) is 6.92 Å². The highest BCUT2D eigenvalue weighted by molar-refractivity contribution is 6.34. The van der Waals surface area contributed by atoms with Gasteiger partial charge in [0, 0.05) is 11.7 Å². The van der Waals surface area contributed by atoms with Gasteiger partial charge < -0.3 is 16.4 Å². The number of halogens is 1. The van der Waals surface area contributed by atoms with Gasteiger partial charge in [-0.1, -0.05) is 23.3 Å². The molecule has 0 fully saturated rings. The summed E-state index contributed by atoms with van der Waals surface area (Å²) < 4.78 is 0. The number of hydrogen-bond donors (Lipinski definition) is 3. The topological polar surface area (TPSA) is 84.2 Å². The second-order valence-corrected chi connectivity index (χ2v) is 5.81. The molecule has 22 heavy (non-hydrogen) atoms. The van der Waals surface area contributed by atoms with E-state index in [0.717, 1.165) is 12.8 Å². The first kappa shape index (κ1) is 16.4. The van der Waals surface area contributed by atoms with Gasteiger partial charge in [0.1, 0.15) is 0 Å². The molecule has 0 heterocycles. The molecule has 4 N–H and O–H groups in total. The third-order valence-corrected chi connectivity index (χ3v) is 4.04. The Morgan fingerprint density at radius 1 is 1.32 bits per heavy atom. The third kappa shape index (κ3) is 4.24. The fourth-order valence-electron chi connectivity index (χ4n) is 2.51. The number of hydrogen-bond acceptors (Lipinski definition) is 2. The van der Waals surface area contributed by atoms with Crippen LogP contribution in [0, 0.1) is 0 Å². The Bertz CT molecular complexity index is 613. The van der Waals surface area contributed by atoms with Crippen molar-refractivity contribution < 1.29 is 9.59 Å². The first-order valence-electron chi connectivity index (χ1n) is 7.33. The van der Waals surface area contributed by atoms with Gasteiger partial charge >= 0.3 is 6.03 Å². The Balaban J connectivity index is 1.95. The number of rotatable bonds is 4. The zero-order valence-corrected chi connectivity index (χ0v) is 13.2. The number of benzene rings is 1. The summed E-state index contributed by atoms with van der Waals surface area (Å²) in [6, 6.07) is 4.29. The van der Waals surface area contributed by atoms with Gasteiger partial charge in [0.2, 0.25) is 5.91 Å². The zero-order chi connectivity index (χ0) is 16.1. The zero-order valence-electron chi connectivity index (χ0n) is 12.5. The molecule has 0 bridgehead atoms. The predicted octanol–water partition coefficient (Wildman–Crippen LogP) is 3.45. The molecule has 6 heteroatoms. The van der Waals surface area contributed by atoms with E-state index in [1.54, 1.807) is 6.07 Å². The minimum absolute atomic E-state index is 0.000615. The van der Waals surface area contributed by atoms with Crippen LogP contribution in [0.15, 0.2) is 29.8 Å². The number of nitrogens with one attached hydrogen (secondary N) is 2. The van der Waals surface area contributed by atoms with Crippen molar-refractivity contribution in [2.45, 2.75) is 38.6 Å². The normalized spacial score (nSPS) is 15.6. The Kier molecular flexibility index (Phi) is 5.44. The maximum atomic E-state index is 12.0. The Hall–Kier alpha value is -2.01. The number of nitrogens with two attached hydrogens (primary N) is 1. The van der Waals surface area contributed by atoms with Gasteiger partial charge in [0.15, 0.2) is 0 Å². The predicted molar refractivity (Wildman–Crippen MR) is 88.1 cm³/mol. The van der Waals surface area contributed by atoms with E-state index in [-0.39, 0.29) is 22.7 Å². The van der Waals surface area contributed by atoms with E-state index in [9.17, 15) is 9.59 Å². The summed E-state index contributed by atoms with van der Waals surface area (Å²) in [5.41, 5.74) is 7.19. The van der Waals surface area contributed by atoms with Crippen molar-refractivity contribution >= 4 is 29.2 Å². The number of carbonyl (C=O) groups excluding carboxylic acids is 2. The number of primary amides is 1. The van der Waals surface area contributed by atoms with Gasteiger partial charge in [-0.25, -0.2) is 4.79 Å². The van der Waals surface area contributed by atoms with E-state index in [1.165, 1.54) is 30.5 Å². The molecule has 0 aliphatic heterocycles. The summed E-state index contributed by atoms with van der Waals surface area (Å²) >= 11 is 5.95. The molecule has 0 spiro atoms. The second-order valence-electron chi connectivity index (χ2n) is 5.40. The smallest absolute Gasteiger partial charge is 0.319 e. The van der Waals surface area contributed by atoms with Crippen molar-refractivity contribution in [3.05, 3.63) is 40.4 Å². The Morgan fingerprint density at radius 2 is 2.09 bits per heavy atom. The Labute approximate surface area is 134 Å². The van der Waals surface area contributed by atoms with Gasteiger partial charge in [-0.3, -0.25) is 4.79 Å². The molecule has 1 aliphatic rings. The molecule has 1 aliphatic carbocycles. The summed E-state index contributed by atoms with van der Waals surface area (Å²) in [5.74, 6) is -0.598. The van der Waals surface area contributed by atoms with Gasteiger partial charge in [-0.05, 0) is 50.8 Å². The quantitative estimate of drug-likeness (QED) is 0.742. The van der Waals surface area contributed by atoms with Crippen LogP contribution in [-0.2, 0) is 0 Å². The maximum absolute atomic E-state index is 12.0. The summed E-state index contributed by atoms with van der Waals surface area (Å²) in [6.45, 7) is 1.97. The lowest BCUT2D eigenvalue weighted by molar-refractivity contribution is 0.100. The highest BCUT2D eigenvalue weighted by atomic mass is 35.5. The number of urea groups is 1. The molecule has 118 valence electrons. The molecule has 5 nitrogen and oxygen atoms in total. The van der Waals surface area contributed by atoms with E-state index in [0.29, 0.717) is 5.69 Å². The summed E-state index contributed by atoms with van der Waals surface area (Å²) in [5, 5.41) is 5.82. The molecular weight excluding hydrogens is 302 g/mol. The van der Waals surface area contributed by atoms with Crippen molar-refractivity contribution in [2.75, 3.05) is 5.32 Å². The largest absolute Gasteiger partial charge is 0.366 e. The average Bonchev–Trinajstić information content (AvgIpc) is 2.47. The van der Waals surface area contributed by atoms with Crippen LogP contribution in [0.2, 0.25) is 5.02 Å². The van der Waals surface area contributed by atoms with Crippen molar-refractivity contribution in [2.24, 2.45) is 5.73 Å². The van der Waals surface area contributed by atoms with Crippen LogP contribution in [0.3, 0.4) is 0 Å². The van der Waals surface area contributed by atoms with E-state index in [2.05, 4.69) is 16.7 Å². The van der Waals surface area contributed by atoms with Crippen LogP contribution < -0.4 is 16.4 Å². The first-order valence-corrected chi connectivity index (χ1v) is 7.71. The van der Waals surface area contributed by atoms with E-state index >= 15 is 0 Å². The van der Waals surface area contributed by atoms with Gasteiger partial charge in [-0.2, -0.15) is 0 Å². The van der Waals surface area contributed by atoms with E-state index < -0.39 is 5.91 Å². The lowest BCUT2D eigenvalue weighted by Gasteiger charge is -2.21. The van der Waals surface area contributed by atoms with Crippen LogP contribution >= 0.6 is 11.6 Å².